The van der Waals surface area contributed by atoms with Gasteiger partial charge in [0.15, 0.2) is 5.76 Å². The van der Waals surface area contributed by atoms with Crippen LogP contribution in [0.4, 0.5) is 0 Å². The minimum Gasteiger partial charge on any atom is -0.375 e. The van der Waals surface area contributed by atoms with Crippen LogP contribution in [0.2, 0.25) is 0 Å². The highest BCUT2D eigenvalue weighted by Gasteiger charge is 2.37. The van der Waals surface area contributed by atoms with E-state index in [1.54, 1.807) is 13.0 Å². The lowest BCUT2D eigenvalue weighted by atomic mass is 10.1. The SMILES string of the molecule is Cc1cc(CS(=O)(=O)N2CC(C)OCC2c2ccccc2)on1. The molecule has 1 saturated heterocycles. The number of benzene rings is 1. The predicted molar refractivity (Wildman–Crippen MR) is 85.2 cm³/mol. The second kappa shape index (κ2) is 6.43. The van der Waals surface area contributed by atoms with Gasteiger partial charge in [0, 0.05) is 12.6 Å². The van der Waals surface area contributed by atoms with E-state index in [4.69, 9.17) is 9.26 Å². The van der Waals surface area contributed by atoms with Crippen LogP contribution in [0.5, 0.6) is 0 Å². The third-order valence-electron chi connectivity index (χ3n) is 3.87. The van der Waals surface area contributed by atoms with Crippen molar-refractivity contribution in [3.05, 3.63) is 53.4 Å². The van der Waals surface area contributed by atoms with Gasteiger partial charge in [-0.25, -0.2) is 8.42 Å². The van der Waals surface area contributed by atoms with Crippen molar-refractivity contribution >= 4 is 10.0 Å². The molecule has 1 aliphatic rings. The van der Waals surface area contributed by atoms with Crippen molar-refractivity contribution in [3.8, 4) is 0 Å². The maximum Gasteiger partial charge on any atom is 0.222 e. The van der Waals surface area contributed by atoms with Gasteiger partial charge >= 0.3 is 0 Å². The van der Waals surface area contributed by atoms with Crippen LogP contribution < -0.4 is 0 Å². The van der Waals surface area contributed by atoms with Crippen LogP contribution in [0, 0.1) is 6.92 Å². The average Bonchev–Trinajstić information content (AvgIpc) is 2.92. The first kappa shape index (κ1) is 16.2. The molecule has 2 heterocycles. The van der Waals surface area contributed by atoms with E-state index in [0.29, 0.717) is 24.6 Å². The summed E-state index contributed by atoms with van der Waals surface area (Å²) in [6, 6.07) is 10.9. The molecule has 0 saturated carbocycles. The fourth-order valence-electron chi connectivity index (χ4n) is 2.76. The first-order valence-electron chi connectivity index (χ1n) is 7.54. The van der Waals surface area contributed by atoms with E-state index in [9.17, 15) is 8.42 Å². The number of ether oxygens (including phenoxy) is 1. The van der Waals surface area contributed by atoms with Crippen LogP contribution in [-0.2, 0) is 20.5 Å². The largest absolute Gasteiger partial charge is 0.375 e. The molecule has 1 fully saturated rings. The maximum atomic E-state index is 12.9. The Kier molecular flexibility index (Phi) is 4.52. The molecule has 1 aromatic heterocycles. The molecule has 0 radical (unpaired) electrons. The molecular weight excluding hydrogens is 316 g/mol. The second-order valence-electron chi connectivity index (χ2n) is 5.83. The Bertz CT molecular complexity index is 757. The average molecular weight is 336 g/mol. The number of rotatable bonds is 4. The highest BCUT2D eigenvalue weighted by molar-refractivity contribution is 7.88. The van der Waals surface area contributed by atoms with Gasteiger partial charge in [0.2, 0.25) is 10.0 Å². The molecule has 1 aliphatic heterocycles. The lowest BCUT2D eigenvalue weighted by molar-refractivity contribution is -0.0232. The molecule has 0 bridgehead atoms. The van der Waals surface area contributed by atoms with Crippen LogP contribution in [0.1, 0.15) is 30.0 Å². The number of hydrogen-bond donors (Lipinski definition) is 0. The highest BCUT2D eigenvalue weighted by Crippen LogP contribution is 2.30. The number of hydrogen-bond acceptors (Lipinski definition) is 5. The summed E-state index contributed by atoms with van der Waals surface area (Å²) in [6.45, 7) is 4.32. The van der Waals surface area contributed by atoms with E-state index in [-0.39, 0.29) is 17.9 Å². The minimum absolute atomic E-state index is 0.138. The van der Waals surface area contributed by atoms with Gasteiger partial charge in [0.1, 0.15) is 5.75 Å². The van der Waals surface area contributed by atoms with Gasteiger partial charge in [0.25, 0.3) is 0 Å². The van der Waals surface area contributed by atoms with Gasteiger partial charge in [-0.1, -0.05) is 35.5 Å². The van der Waals surface area contributed by atoms with Crippen molar-refractivity contribution in [1.29, 1.82) is 0 Å². The fourth-order valence-corrected chi connectivity index (χ4v) is 4.43. The zero-order valence-corrected chi connectivity index (χ0v) is 14.0. The Morgan fingerprint density at radius 3 is 2.70 bits per heavy atom. The number of sulfonamides is 1. The molecule has 0 N–H and O–H groups in total. The van der Waals surface area contributed by atoms with Crippen LogP contribution in [0.15, 0.2) is 40.9 Å². The summed E-state index contributed by atoms with van der Waals surface area (Å²) in [7, 11) is -3.53. The summed E-state index contributed by atoms with van der Waals surface area (Å²) in [5.74, 6) is 0.164. The van der Waals surface area contributed by atoms with E-state index in [0.717, 1.165) is 5.56 Å². The first-order chi connectivity index (χ1) is 11.0. The van der Waals surface area contributed by atoms with Crippen molar-refractivity contribution in [3.63, 3.8) is 0 Å². The molecule has 7 heteroatoms. The van der Waals surface area contributed by atoms with Gasteiger partial charge in [-0.05, 0) is 19.4 Å². The monoisotopic (exact) mass is 336 g/mol. The standard InChI is InChI=1S/C16H20N2O4S/c1-12-8-15(22-17-12)11-23(19,20)18-9-13(2)21-10-16(18)14-6-4-3-5-7-14/h3-8,13,16H,9-11H2,1-2H3. The van der Waals surface area contributed by atoms with E-state index in [2.05, 4.69) is 5.16 Å². The van der Waals surface area contributed by atoms with Crippen LogP contribution in [-0.4, -0.2) is 37.1 Å². The van der Waals surface area contributed by atoms with E-state index in [1.165, 1.54) is 4.31 Å². The molecule has 23 heavy (non-hydrogen) atoms. The van der Waals surface area contributed by atoms with Crippen LogP contribution in [0.25, 0.3) is 0 Å². The molecule has 6 nitrogen and oxygen atoms in total. The smallest absolute Gasteiger partial charge is 0.222 e. The van der Waals surface area contributed by atoms with E-state index in [1.807, 2.05) is 37.3 Å². The number of morpholine rings is 1. The van der Waals surface area contributed by atoms with Crippen molar-refractivity contribution in [2.24, 2.45) is 0 Å². The number of nitrogens with zero attached hydrogens (tertiary/aromatic N) is 2. The Balaban J connectivity index is 1.89. The molecule has 0 spiro atoms. The molecule has 0 aliphatic carbocycles. The fraction of sp³-hybridized carbons (Fsp3) is 0.438. The van der Waals surface area contributed by atoms with Gasteiger partial charge < -0.3 is 9.26 Å². The maximum absolute atomic E-state index is 12.9. The predicted octanol–water partition coefficient (Wildman–Crippen LogP) is 2.27. The van der Waals surface area contributed by atoms with E-state index < -0.39 is 10.0 Å². The molecule has 124 valence electrons. The third kappa shape index (κ3) is 3.63. The van der Waals surface area contributed by atoms with Crippen molar-refractivity contribution in [2.75, 3.05) is 13.2 Å². The summed E-state index contributed by atoms with van der Waals surface area (Å²) < 4.78 is 38.0. The Labute approximate surface area is 136 Å². The van der Waals surface area contributed by atoms with Crippen molar-refractivity contribution in [2.45, 2.75) is 31.7 Å². The quantitative estimate of drug-likeness (QED) is 0.856. The summed E-state index contributed by atoms with van der Waals surface area (Å²) in [6.07, 6.45) is -0.138. The highest BCUT2D eigenvalue weighted by atomic mass is 32.2. The van der Waals surface area contributed by atoms with Crippen molar-refractivity contribution in [1.82, 2.24) is 9.46 Å². The van der Waals surface area contributed by atoms with Gasteiger partial charge in [0.05, 0.1) is 24.4 Å². The van der Waals surface area contributed by atoms with Gasteiger partial charge in [-0.15, -0.1) is 0 Å². The summed E-state index contributed by atoms with van der Waals surface area (Å²) >= 11 is 0. The van der Waals surface area contributed by atoms with E-state index >= 15 is 0 Å². The molecule has 0 amide bonds. The lowest BCUT2D eigenvalue weighted by Crippen LogP contribution is -2.47. The zero-order chi connectivity index (χ0) is 16.4. The first-order valence-corrected chi connectivity index (χ1v) is 9.15. The summed E-state index contributed by atoms with van der Waals surface area (Å²) in [5.41, 5.74) is 1.60. The van der Waals surface area contributed by atoms with Crippen molar-refractivity contribution < 1.29 is 17.7 Å². The minimum atomic E-state index is -3.53. The zero-order valence-electron chi connectivity index (χ0n) is 13.2. The Morgan fingerprint density at radius 1 is 1.30 bits per heavy atom. The Morgan fingerprint density at radius 2 is 2.04 bits per heavy atom. The summed E-state index contributed by atoms with van der Waals surface area (Å²) in [4.78, 5) is 0. The molecule has 2 unspecified atom stereocenters. The third-order valence-corrected chi connectivity index (χ3v) is 5.63. The van der Waals surface area contributed by atoms with Gasteiger partial charge in [-0.3, -0.25) is 0 Å². The molecule has 1 aromatic carbocycles. The lowest BCUT2D eigenvalue weighted by Gasteiger charge is -2.37. The molecule has 3 rings (SSSR count). The van der Waals surface area contributed by atoms with Crippen LogP contribution >= 0.6 is 0 Å². The topological polar surface area (TPSA) is 72.6 Å². The molecular formula is C16H20N2O4S. The molecule has 2 aromatic rings. The van der Waals surface area contributed by atoms with Crippen LogP contribution in [0.3, 0.4) is 0 Å². The summed E-state index contributed by atoms with van der Waals surface area (Å²) in [5, 5.41) is 3.76. The van der Waals surface area contributed by atoms with Gasteiger partial charge in [-0.2, -0.15) is 4.31 Å². The molecule has 2 atom stereocenters. The number of aryl methyl sites for hydroxylation is 1. The Hall–Kier alpha value is -1.70. The number of aromatic nitrogens is 1. The normalized spacial score (nSPS) is 23.0. The second-order valence-corrected chi connectivity index (χ2v) is 7.75.